The highest BCUT2D eigenvalue weighted by Crippen LogP contribution is 2.10. The van der Waals surface area contributed by atoms with Crippen LogP contribution in [-0.4, -0.2) is 25.6 Å². The fourth-order valence-corrected chi connectivity index (χ4v) is 1.04. The van der Waals surface area contributed by atoms with Crippen molar-refractivity contribution < 1.29 is 25.9 Å². The molecule has 0 unspecified atom stereocenters. The lowest BCUT2D eigenvalue weighted by atomic mass is 10.4. The van der Waals surface area contributed by atoms with Crippen molar-refractivity contribution in [1.82, 2.24) is 0 Å². The third-order valence-electron chi connectivity index (χ3n) is 1.43. The topological polar surface area (TPSA) is 13.1 Å². The third kappa shape index (κ3) is 3.93. The van der Waals surface area contributed by atoms with E-state index in [1.54, 1.807) is 0 Å². The fourth-order valence-electron chi connectivity index (χ4n) is 1.04. The second-order valence-electron chi connectivity index (χ2n) is 3.96. The molecule has 0 atom stereocenters. The first-order chi connectivity index (χ1) is 4.97. The van der Waals surface area contributed by atoms with Gasteiger partial charge >= 0.3 is 0 Å². The summed E-state index contributed by atoms with van der Waals surface area (Å²) < 4.78 is 6.35. The van der Waals surface area contributed by atoms with Crippen molar-refractivity contribution in [3.63, 3.8) is 0 Å². The van der Waals surface area contributed by atoms with E-state index in [1.165, 1.54) is 0 Å². The molecule has 2 nitrogen and oxygen atoms in total. The largest absolute Gasteiger partial charge is 1.00 e. The van der Waals surface area contributed by atoms with Gasteiger partial charge in [0, 0.05) is 0 Å². The normalized spacial score (nSPS) is 11.0. The van der Waals surface area contributed by atoms with Crippen molar-refractivity contribution in [2.75, 3.05) is 21.1 Å². The number of nitrogens with zero attached hydrogens (tertiary/aromatic N) is 1. The van der Waals surface area contributed by atoms with Crippen molar-refractivity contribution in [2.45, 2.75) is 13.5 Å². The predicted octanol–water partition coefficient (Wildman–Crippen LogP) is -1.20. The molecule has 0 saturated heterocycles. The number of quaternary nitrogens is 1. The summed E-state index contributed by atoms with van der Waals surface area (Å²) in [5, 5.41) is 0. The Bertz CT molecular complexity index is 237. The van der Waals surface area contributed by atoms with E-state index in [9.17, 15) is 0 Å². The van der Waals surface area contributed by atoms with Crippen LogP contribution in [0.15, 0.2) is 16.5 Å². The lowest BCUT2D eigenvalue weighted by Crippen LogP contribution is -3.00. The van der Waals surface area contributed by atoms with Crippen LogP contribution in [0.2, 0.25) is 0 Å². The summed E-state index contributed by atoms with van der Waals surface area (Å²) in [6.07, 6.45) is 0. The van der Waals surface area contributed by atoms with Crippen molar-refractivity contribution in [1.29, 1.82) is 0 Å². The van der Waals surface area contributed by atoms with Crippen LogP contribution >= 0.6 is 0 Å². The number of rotatable bonds is 2. The van der Waals surface area contributed by atoms with Crippen LogP contribution in [0.3, 0.4) is 0 Å². The summed E-state index contributed by atoms with van der Waals surface area (Å²) in [4.78, 5) is 0. The molecule has 0 aliphatic rings. The highest BCUT2D eigenvalue weighted by molar-refractivity contribution is 5.04. The molecule has 1 rings (SSSR count). The van der Waals surface area contributed by atoms with Crippen LogP contribution in [0.4, 0.5) is 0 Å². The fraction of sp³-hybridized carbons (Fsp3) is 0.556. The smallest absolute Gasteiger partial charge is 0.158 e. The van der Waals surface area contributed by atoms with Gasteiger partial charge in [0.2, 0.25) is 0 Å². The molecule has 0 aliphatic heterocycles. The zero-order valence-electron chi connectivity index (χ0n) is 8.10. The molecule has 12 heavy (non-hydrogen) atoms. The standard InChI is InChI=1S/C9H16NO.BrH/c1-8-5-6-9(11-8)7-10(2,3)4;/h5-6H,7H2,1-4H3;1H/q+1;/p-1. The van der Waals surface area contributed by atoms with E-state index < -0.39 is 0 Å². The Kier molecular flexibility index (Phi) is 4.00. The number of halogens is 1. The molecular weight excluding hydrogens is 218 g/mol. The third-order valence-corrected chi connectivity index (χ3v) is 1.43. The van der Waals surface area contributed by atoms with Crippen LogP contribution < -0.4 is 17.0 Å². The van der Waals surface area contributed by atoms with E-state index in [1.807, 2.05) is 19.1 Å². The monoisotopic (exact) mass is 233 g/mol. The molecule has 0 amide bonds. The summed E-state index contributed by atoms with van der Waals surface area (Å²) >= 11 is 0. The van der Waals surface area contributed by atoms with Gasteiger partial charge in [0.1, 0.15) is 12.3 Å². The average molecular weight is 234 g/mol. The Morgan fingerprint density at radius 2 is 1.83 bits per heavy atom. The van der Waals surface area contributed by atoms with Gasteiger partial charge in [-0.05, 0) is 19.1 Å². The number of hydrogen-bond acceptors (Lipinski definition) is 1. The molecule has 1 aromatic heterocycles. The van der Waals surface area contributed by atoms with E-state index in [2.05, 4.69) is 21.1 Å². The SMILES string of the molecule is Cc1ccc(C[N+](C)(C)C)o1.[Br-]. The minimum absolute atomic E-state index is 0. The minimum Gasteiger partial charge on any atom is -1.00 e. The summed E-state index contributed by atoms with van der Waals surface area (Å²) in [5.41, 5.74) is 0. The van der Waals surface area contributed by atoms with E-state index in [0.717, 1.165) is 22.5 Å². The second-order valence-corrected chi connectivity index (χ2v) is 3.96. The number of hydrogen-bond donors (Lipinski definition) is 0. The van der Waals surface area contributed by atoms with Gasteiger partial charge < -0.3 is 25.9 Å². The number of furan rings is 1. The van der Waals surface area contributed by atoms with Crippen LogP contribution in [0.25, 0.3) is 0 Å². The summed E-state index contributed by atoms with van der Waals surface area (Å²) in [5.74, 6) is 2.06. The van der Waals surface area contributed by atoms with Crippen LogP contribution in [0.5, 0.6) is 0 Å². The predicted molar refractivity (Wildman–Crippen MR) is 45.2 cm³/mol. The zero-order valence-corrected chi connectivity index (χ0v) is 9.68. The molecule has 70 valence electrons. The first-order valence-electron chi connectivity index (χ1n) is 3.83. The lowest BCUT2D eigenvalue weighted by molar-refractivity contribution is -0.884. The maximum atomic E-state index is 5.44. The van der Waals surface area contributed by atoms with Gasteiger partial charge in [0.05, 0.1) is 21.1 Å². The Labute approximate surface area is 84.5 Å². The van der Waals surface area contributed by atoms with Gasteiger partial charge in [-0.2, -0.15) is 0 Å². The molecule has 0 fully saturated rings. The molecule has 0 aliphatic carbocycles. The molecule has 0 aromatic carbocycles. The Balaban J connectivity index is 0.00000121. The highest BCUT2D eigenvalue weighted by atomic mass is 79.9. The first-order valence-corrected chi connectivity index (χ1v) is 3.83. The second kappa shape index (κ2) is 4.10. The first kappa shape index (κ1) is 11.7. The minimum atomic E-state index is 0. The zero-order chi connectivity index (χ0) is 8.48. The summed E-state index contributed by atoms with van der Waals surface area (Å²) in [6, 6.07) is 4.05. The highest BCUT2D eigenvalue weighted by Gasteiger charge is 2.10. The summed E-state index contributed by atoms with van der Waals surface area (Å²) in [7, 11) is 6.45. The molecular formula is C9H16BrNO. The molecule has 0 radical (unpaired) electrons. The molecule has 0 saturated carbocycles. The summed E-state index contributed by atoms with van der Waals surface area (Å²) in [6.45, 7) is 2.92. The lowest BCUT2D eigenvalue weighted by Gasteiger charge is -2.22. The maximum Gasteiger partial charge on any atom is 0.158 e. The molecule has 0 N–H and O–H groups in total. The number of aryl methyl sites for hydroxylation is 1. The maximum absolute atomic E-state index is 5.44. The van der Waals surface area contributed by atoms with Gasteiger partial charge in [0.25, 0.3) is 0 Å². The Morgan fingerprint density at radius 3 is 2.17 bits per heavy atom. The van der Waals surface area contributed by atoms with Gasteiger partial charge in [-0.1, -0.05) is 0 Å². The average Bonchev–Trinajstić information content (AvgIpc) is 2.10. The van der Waals surface area contributed by atoms with Gasteiger partial charge in [0.15, 0.2) is 5.76 Å². The van der Waals surface area contributed by atoms with Gasteiger partial charge in [-0.25, -0.2) is 0 Å². The van der Waals surface area contributed by atoms with Crippen molar-refractivity contribution in [3.8, 4) is 0 Å². The van der Waals surface area contributed by atoms with Crippen molar-refractivity contribution in [3.05, 3.63) is 23.7 Å². The van der Waals surface area contributed by atoms with E-state index in [0.29, 0.717) is 0 Å². The Morgan fingerprint density at radius 1 is 1.25 bits per heavy atom. The van der Waals surface area contributed by atoms with Crippen LogP contribution in [-0.2, 0) is 6.54 Å². The van der Waals surface area contributed by atoms with Crippen molar-refractivity contribution >= 4 is 0 Å². The van der Waals surface area contributed by atoms with Gasteiger partial charge in [-0.3, -0.25) is 0 Å². The molecule has 1 heterocycles. The molecule has 3 heteroatoms. The van der Waals surface area contributed by atoms with E-state index >= 15 is 0 Å². The van der Waals surface area contributed by atoms with Crippen LogP contribution in [0, 0.1) is 6.92 Å². The van der Waals surface area contributed by atoms with Crippen LogP contribution in [0.1, 0.15) is 11.5 Å². The Hall–Kier alpha value is -0.280. The van der Waals surface area contributed by atoms with E-state index in [4.69, 9.17) is 4.42 Å². The van der Waals surface area contributed by atoms with Crippen molar-refractivity contribution in [2.24, 2.45) is 0 Å². The molecule has 0 spiro atoms. The quantitative estimate of drug-likeness (QED) is 0.586. The molecule has 0 bridgehead atoms. The molecule has 1 aromatic rings. The van der Waals surface area contributed by atoms with E-state index in [-0.39, 0.29) is 17.0 Å². The van der Waals surface area contributed by atoms with Gasteiger partial charge in [-0.15, -0.1) is 0 Å².